The highest BCUT2D eigenvalue weighted by atomic mass is 16.1. The molecule has 0 aromatic carbocycles. The maximum absolute atomic E-state index is 12.5. The van der Waals surface area contributed by atoms with E-state index < -0.39 is 0 Å². The zero-order valence-electron chi connectivity index (χ0n) is 11.6. The van der Waals surface area contributed by atoms with E-state index >= 15 is 0 Å². The van der Waals surface area contributed by atoms with Gasteiger partial charge >= 0.3 is 0 Å². The standard InChI is InChI=1S/C15H15BN2O2/c1-3-4-12(19)14-10(2)7-8-18(15(14)20)13-6-5-11(16)9-17-13/h5-9H,3-4H2,1-2H3. The van der Waals surface area contributed by atoms with Crippen molar-refractivity contribution in [2.75, 3.05) is 0 Å². The van der Waals surface area contributed by atoms with E-state index in [0.717, 1.165) is 0 Å². The molecule has 0 N–H and O–H groups in total. The minimum absolute atomic E-state index is 0.125. The van der Waals surface area contributed by atoms with Crippen molar-refractivity contribution in [1.29, 1.82) is 0 Å². The van der Waals surface area contributed by atoms with E-state index in [9.17, 15) is 9.59 Å². The van der Waals surface area contributed by atoms with Crippen LogP contribution in [0.3, 0.4) is 0 Å². The first-order valence-electron chi connectivity index (χ1n) is 6.52. The molecule has 0 saturated heterocycles. The summed E-state index contributed by atoms with van der Waals surface area (Å²) < 4.78 is 1.37. The zero-order valence-corrected chi connectivity index (χ0v) is 11.6. The smallest absolute Gasteiger partial charge is 0.267 e. The van der Waals surface area contributed by atoms with Gasteiger partial charge in [0.1, 0.15) is 13.7 Å². The molecule has 5 heteroatoms. The number of carbonyl (C=O) groups excluding carboxylic acids is 1. The van der Waals surface area contributed by atoms with Gasteiger partial charge in [-0.3, -0.25) is 14.2 Å². The highest BCUT2D eigenvalue weighted by Gasteiger charge is 2.15. The minimum Gasteiger partial charge on any atom is -0.294 e. The van der Waals surface area contributed by atoms with Gasteiger partial charge in [0.2, 0.25) is 0 Å². The lowest BCUT2D eigenvalue weighted by Gasteiger charge is -2.09. The van der Waals surface area contributed by atoms with Crippen molar-refractivity contribution in [1.82, 2.24) is 9.55 Å². The summed E-state index contributed by atoms with van der Waals surface area (Å²) in [6.07, 6.45) is 4.19. The molecule has 0 bridgehead atoms. The second-order valence-corrected chi connectivity index (χ2v) is 4.67. The lowest BCUT2D eigenvalue weighted by atomic mass is 9.99. The van der Waals surface area contributed by atoms with Crippen LogP contribution in [0.1, 0.15) is 35.7 Å². The van der Waals surface area contributed by atoms with Gasteiger partial charge in [0.25, 0.3) is 5.56 Å². The number of pyridine rings is 2. The first-order chi connectivity index (χ1) is 9.54. The number of ketones is 1. The first kappa shape index (κ1) is 14.2. The molecule has 100 valence electrons. The SMILES string of the molecule is [B]c1ccc(-n2ccc(C)c(C(=O)CCC)c2=O)nc1. The third-order valence-electron chi connectivity index (χ3n) is 3.07. The van der Waals surface area contributed by atoms with E-state index in [0.29, 0.717) is 29.7 Å². The van der Waals surface area contributed by atoms with Crippen LogP contribution in [-0.4, -0.2) is 23.2 Å². The summed E-state index contributed by atoms with van der Waals surface area (Å²) in [4.78, 5) is 28.6. The maximum atomic E-state index is 12.5. The molecule has 2 aromatic heterocycles. The first-order valence-corrected chi connectivity index (χ1v) is 6.52. The molecule has 2 radical (unpaired) electrons. The normalized spacial score (nSPS) is 10.5. The molecular formula is C15H15BN2O2. The predicted molar refractivity (Wildman–Crippen MR) is 79.2 cm³/mol. The number of hydrogen-bond donors (Lipinski definition) is 0. The van der Waals surface area contributed by atoms with Crippen molar-refractivity contribution in [2.45, 2.75) is 26.7 Å². The monoisotopic (exact) mass is 266 g/mol. The number of aryl methyl sites for hydroxylation is 1. The number of Topliss-reactive ketones (excluding diaryl/α,β-unsaturated/α-hetero) is 1. The van der Waals surface area contributed by atoms with Gasteiger partial charge in [-0.25, -0.2) is 4.98 Å². The van der Waals surface area contributed by atoms with E-state index in [1.54, 1.807) is 31.3 Å². The summed E-state index contributed by atoms with van der Waals surface area (Å²) in [5.41, 5.74) is 1.13. The Morgan fingerprint density at radius 1 is 1.35 bits per heavy atom. The van der Waals surface area contributed by atoms with E-state index in [2.05, 4.69) is 4.98 Å². The fraction of sp³-hybridized carbons (Fsp3) is 0.267. The van der Waals surface area contributed by atoms with Crippen LogP contribution >= 0.6 is 0 Å². The number of carbonyl (C=O) groups is 1. The fourth-order valence-corrected chi connectivity index (χ4v) is 2.04. The van der Waals surface area contributed by atoms with Gasteiger partial charge in [-0.1, -0.05) is 18.5 Å². The third kappa shape index (κ3) is 2.71. The molecule has 0 amide bonds. The molecule has 0 aliphatic carbocycles. The van der Waals surface area contributed by atoms with Gasteiger partial charge in [0.05, 0.1) is 5.56 Å². The highest BCUT2D eigenvalue weighted by Crippen LogP contribution is 2.09. The van der Waals surface area contributed by atoms with Crippen LogP contribution in [0.5, 0.6) is 0 Å². The Kier molecular flexibility index (Phi) is 4.18. The van der Waals surface area contributed by atoms with Crippen LogP contribution < -0.4 is 11.0 Å². The van der Waals surface area contributed by atoms with Gasteiger partial charge in [-0.05, 0) is 31.0 Å². The molecule has 0 spiro atoms. The van der Waals surface area contributed by atoms with Gasteiger partial charge < -0.3 is 0 Å². The number of aromatic nitrogens is 2. The predicted octanol–water partition coefficient (Wildman–Crippen LogP) is 1.32. The summed E-state index contributed by atoms with van der Waals surface area (Å²) in [7, 11) is 5.58. The molecule has 2 heterocycles. The topological polar surface area (TPSA) is 52.0 Å². The molecule has 4 nitrogen and oxygen atoms in total. The average Bonchev–Trinajstić information content (AvgIpc) is 2.41. The summed E-state index contributed by atoms with van der Waals surface area (Å²) >= 11 is 0. The van der Waals surface area contributed by atoms with E-state index in [-0.39, 0.29) is 16.9 Å². The van der Waals surface area contributed by atoms with Crippen LogP contribution in [0.2, 0.25) is 0 Å². The van der Waals surface area contributed by atoms with Crippen molar-refractivity contribution >= 4 is 19.1 Å². The molecule has 0 unspecified atom stereocenters. The molecule has 0 fully saturated rings. The molecule has 0 aliphatic rings. The van der Waals surface area contributed by atoms with E-state index in [4.69, 9.17) is 7.85 Å². The Labute approximate surface area is 118 Å². The lowest BCUT2D eigenvalue weighted by Crippen LogP contribution is -2.27. The largest absolute Gasteiger partial charge is 0.294 e. The third-order valence-corrected chi connectivity index (χ3v) is 3.07. The van der Waals surface area contributed by atoms with Gasteiger partial charge in [0.15, 0.2) is 5.78 Å². The molecular weight excluding hydrogens is 251 g/mol. The second kappa shape index (κ2) is 5.86. The number of rotatable bonds is 4. The van der Waals surface area contributed by atoms with E-state index in [1.165, 1.54) is 10.8 Å². The lowest BCUT2D eigenvalue weighted by molar-refractivity contribution is 0.0979. The summed E-state index contributed by atoms with van der Waals surface area (Å²) in [5.74, 6) is 0.328. The van der Waals surface area contributed by atoms with Crippen LogP contribution in [-0.2, 0) is 0 Å². The molecule has 20 heavy (non-hydrogen) atoms. The maximum Gasteiger partial charge on any atom is 0.267 e. The Hall–Kier alpha value is -2.17. The Morgan fingerprint density at radius 2 is 2.10 bits per heavy atom. The van der Waals surface area contributed by atoms with Crippen molar-refractivity contribution in [3.63, 3.8) is 0 Å². The Bertz CT molecular complexity index is 690. The zero-order chi connectivity index (χ0) is 14.7. The van der Waals surface area contributed by atoms with Crippen LogP contribution in [0.15, 0.2) is 35.4 Å². The van der Waals surface area contributed by atoms with Crippen molar-refractivity contribution in [2.24, 2.45) is 0 Å². The van der Waals surface area contributed by atoms with Crippen molar-refractivity contribution < 1.29 is 4.79 Å². The van der Waals surface area contributed by atoms with Gasteiger partial charge in [0, 0.05) is 18.8 Å². The van der Waals surface area contributed by atoms with Gasteiger partial charge in [-0.15, -0.1) is 0 Å². The summed E-state index contributed by atoms with van der Waals surface area (Å²) in [6, 6.07) is 5.07. The Morgan fingerprint density at radius 3 is 2.70 bits per heavy atom. The van der Waals surface area contributed by atoms with Crippen molar-refractivity contribution in [3.8, 4) is 5.82 Å². The fourth-order valence-electron chi connectivity index (χ4n) is 2.04. The van der Waals surface area contributed by atoms with Crippen LogP contribution in [0, 0.1) is 6.92 Å². The Balaban J connectivity index is 2.57. The summed E-state index contributed by atoms with van der Waals surface area (Å²) in [5, 5.41) is 0. The number of nitrogens with zero attached hydrogens (tertiary/aromatic N) is 2. The minimum atomic E-state index is -0.333. The molecule has 0 aliphatic heterocycles. The highest BCUT2D eigenvalue weighted by molar-refractivity contribution is 6.32. The quantitative estimate of drug-likeness (QED) is 0.619. The number of hydrogen-bond acceptors (Lipinski definition) is 3. The molecule has 0 atom stereocenters. The summed E-state index contributed by atoms with van der Waals surface area (Å²) in [6.45, 7) is 3.68. The van der Waals surface area contributed by atoms with Crippen LogP contribution in [0.4, 0.5) is 0 Å². The van der Waals surface area contributed by atoms with E-state index in [1.807, 2.05) is 6.92 Å². The van der Waals surface area contributed by atoms with Gasteiger partial charge in [-0.2, -0.15) is 0 Å². The molecule has 2 aromatic rings. The van der Waals surface area contributed by atoms with Crippen LogP contribution in [0.25, 0.3) is 5.82 Å². The molecule has 2 rings (SSSR count). The molecule has 0 saturated carbocycles. The second-order valence-electron chi connectivity index (χ2n) is 4.67. The average molecular weight is 266 g/mol. The van der Waals surface area contributed by atoms with Crippen molar-refractivity contribution in [3.05, 3.63) is 52.1 Å².